The first kappa shape index (κ1) is 19.4. The summed E-state index contributed by atoms with van der Waals surface area (Å²) >= 11 is 0. The van der Waals surface area contributed by atoms with Crippen LogP contribution < -0.4 is 10.0 Å². The largest absolute Gasteiger partial charge is 0.323 e. The van der Waals surface area contributed by atoms with Gasteiger partial charge in [0.1, 0.15) is 0 Å². The molecule has 28 heavy (non-hydrogen) atoms. The highest BCUT2D eigenvalue weighted by atomic mass is 32.2. The maximum absolute atomic E-state index is 12.4. The molecule has 0 saturated carbocycles. The van der Waals surface area contributed by atoms with Gasteiger partial charge >= 0.3 is 0 Å². The van der Waals surface area contributed by atoms with E-state index < -0.39 is 10.0 Å². The lowest BCUT2D eigenvalue weighted by Crippen LogP contribution is -2.13. The Morgan fingerprint density at radius 3 is 2.07 bits per heavy atom. The number of hydrogen-bond acceptors (Lipinski definition) is 3. The van der Waals surface area contributed by atoms with Gasteiger partial charge in [0, 0.05) is 17.5 Å². The Kier molecular flexibility index (Phi) is 5.91. The van der Waals surface area contributed by atoms with Crippen molar-refractivity contribution in [2.75, 3.05) is 10.0 Å². The number of hydrogen-bond donors (Lipinski definition) is 2. The quantitative estimate of drug-likeness (QED) is 0.609. The van der Waals surface area contributed by atoms with Gasteiger partial charge in [-0.15, -0.1) is 0 Å². The minimum Gasteiger partial charge on any atom is -0.323 e. The Hall–Kier alpha value is -3.38. The number of sulfonamides is 1. The van der Waals surface area contributed by atoms with E-state index in [0.29, 0.717) is 11.4 Å². The fourth-order valence-electron chi connectivity index (χ4n) is 2.47. The predicted octanol–water partition coefficient (Wildman–Crippen LogP) is 4.45. The van der Waals surface area contributed by atoms with Gasteiger partial charge in [0.05, 0.1) is 4.90 Å². The molecule has 3 aromatic rings. The Morgan fingerprint density at radius 1 is 0.821 bits per heavy atom. The van der Waals surface area contributed by atoms with E-state index in [-0.39, 0.29) is 10.8 Å². The summed E-state index contributed by atoms with van der Waals surface area (Å²) in [5.41, 5.74) is 2.90. The number of carbonyl (C=O) groups is 1. The number of rotatable bonds is 6. The van der Waals surface area contributed by atoms with Gasteiger partial charge < -0.3 is 5.32 Å². The van der Waals surface area contributed by atoms with Crippen LogP contribution in [-0.4, -0.2) is 14.3 Å². The van der Waals surface area contributed by atoms with Crippen LogP contribution in [0, 0.1) is 6.92 Å². The molecule has 0 atom stereocenters. The van der Waals surface area contributed by atoms with E-state index in [9.17, 15) is 13.2 Å². The fraction of sp³-hybridized carbons (Fsp3) is 0.0455. The van der Waals surface area contributed by atoms with Crippen molar-refractivity contribution in [2.45, 2.75) is 11.8 Å². The molecule has 0 spiro atoms. The fourth-order valence-corrected chi connectivity index (χ4v) is 3.53. The van der Waals surface area contributed by atoms with Gasteiger partial charge in [-0.1, -0.05) is 48.0 Å². The van der Waals surface area contributed by atoms with Crippen molar-refractivity contribution in [3.05, 3.63) is 96.1 Å². The summed E-state index contributed by atoms with van der Waals surface area (Å²) in [4.78, 5) is 12.2. The molecule has 0 radical (unpaired) electrons. The molecule has 0 aliphatic rings. The molecule has 0 saturated heterocycles. The lowest BCUT2D eigenvalue weighted by atomic mass is 10.2. The molecule has 6 heteroatoms. The minimum absolute atomic E-state index is 0.196. The Balaban J connectivity index is 1.62. The van der Waals surface area contributed by atoms with Crippen LogP contribution in [0.15, 0.2) is 89.8 Å². The van der Waals surface area contributed by atoms with Gasteiger partial charge in [0.25, 0.3) is 10.0 Å². The Bertz CT molecular complexity index is 1070. The van der Waals surface area contributed by atoms with Crippen LogP contribution in [0.4, 0.5) is 11.4 Å². The van der Waals surface area contributed by atoms with E-state index in [1.54, 1.807) is 54.6 Å². The Labute approximate surface area is 164 Å². The molecular weight excluding hydrogens is 372 g/mol. The van der Waals surface area contributed by atoms with E-state index >= 15 is 0 Å². The van der Waals surface area contributed by atoms with Crippen LogP contribution in [-0.2, 0) is 14.8 Å². The van der Waals surface area contributed by atoms with Crippen molar-refractivity contribution < 1.29 is 13.2 Å². The van der Waals surface area contributed by atoms with Crippen LogP contribution in [0.3, 0.4) is 0 Å². The first-order valence-corrected chi connectivity index (χ1v) is 10.1. The highest BCUT2D eigenvalue weighted by molar-refractivity contribution is 7.92. The average Bonchev–Trinajstić information content (AvgIpc) is 2.69. The van der Waals surface area contributed by atoms with Gasteiger partial charge in [0.15, 0.2) is 0 Å². The maximum atomic E-state index is 12.4. The van der Waals surface area contributed by atoms with Gasteiger partial charge in [-0.05, 0) is 55.0 Å². The SMILES string of the molecule is Cc1ccc(S(=O)(=O)Nc2ccc(NC(=O)/C=C/c3ccccc3)cc2)cc1. The predicted molar refractivity (Wildman–Crippen MR) is 113 cm³/mol. The summed E-state index contributed by atoms with van der Waals surface area (Å²) < 4.78 is 27.3. The zero-order valence-electron chi connectivity index (χ0n) is 15.3. The van der Waals surface area contributed by atoms with Crippen molar-refractivity contribution in [3.63, 3.8) is 0 Å². The molecular formula is C22H20N2O3S. The molecule has 0 aromatic heterocycles. The first-order valence-electron chi connectivity index (χ1n) is 8.66. The van der Waals surface area contributed by atoms with Crippen LogP contribution in [0.5, 0.6) is 0 Å². The summed E-state index contributed by atoms with van der Waals surface area (Å²) in [6.45, 7) is 1.89. The summed E-state index contributed by atoms with van der Waals surface area (Å²) in [7, 11) is -3.65. The normalized spacial score (nSPS) is 11.3. The molecule has 0 fully saturated rings. The highest BCUT2D eigenvalue weighted by Crippen LogP contribution is 2.19. The molecule has 1 amide bonds. The van der Waals surface area contributed by atoms with Gasteiger partial charge in [-0.3, -0.25) is 9.52 Å². The van der Waals surface area contributed by atoms with E-state index in [0.717, 1.165) is 11.1 Å². The zero-order valence-corrected chi connectivity index (χ0v) is 16.1. The van der Waals surface area contributed by atoms with Crippen LogP contribution in [0.25, 0.3) is 6.08 Å². The van der Waals surface area contributed by atoms with Gasteiger partial charge in [-0.2, -0.15) is 0 Å². The van der Waals surface area contributed by atoms with Crippen molar-refractivity contribution in [1.82, 2.24) is 0 Å². The molecule has 0 heterocycles. The second-order valence-corrected chi connectivity index (χ2v) is 7.91. The summed E-state index contributed by atoms with van der Waals surface area (Å²) in [6, 6.07) is 22.6. The molecule has 0 aliphatic carbocycles. The van der Waals surface area contributed by atoms with Gasteiger partial charge in [-0.25, -0.2) is 8.42 Å². The van der Waals surface area contributed by atoms with E-state index in [1.165, 1.54) is 6.08 Å². The van der Waals surface area contributed by atoms with Crippen molar-refractivity contribution in [1.29, 1.82) is 0 Å². The van der Waals surface area contributed by atoms with Crippen molar-refractivity contribution in [3.8, 4) is 0 Å². The molecule has 5 nitrogen and oxygen atoms in total. The standard InChI is InChI=1S/C22H20N2O3S/c1-17-7-14-21(15-8-17)28(26,27)24-20-12-10-19(11-13-20)23-22(25)16-9-18-5-3-2-4-6-18/h2-16,24H,1H3,(H,23,25)/b16-9+. The number of amides is 1. The number of anilines is 2. The minimum atomic E-state index is -3.65. The molecule has 3 aromatic carbocycles. The Morgan fingerprint density at radius 2 is 1.43 bits per heavy atom. The third-order valence-electron chi connectivity index (χ3n) is 3.96. The van der Waals surface area contributed by atoms with Crippen molar-refractivity contribution in [2.24, 2.45) is 0 Å². The number of carbonyl (C=O) groups excluding carboxylic acids is 1. The number of nitrogens with one attached hydrogen (secondary N) is 2. The molecule has 0 bridgehead atoms. The monoisotopic (exact) mass is 392 g/mol. The molecule has 3 rings (SSSR count). The smallest absolute Gasteiger partial charge is 0.261 e. The summed E-state index contributed by atoms with van der Waals surface area (Å²) in [5.74, 6) is -0.267. The topological polar surface area (TPSA) is 75.3 Å². The lowest BCUT2D eigenvalue weighted by molar-refractivity contribution is -0.111. The second-order valence-electron chi connectivity index (χ2n) is 6.23. The lowest BCUT2D eigenvalue weighted by Gasteiger charge is -2.09. The average molecular weight is 392 g/mol. The molecule has 2 N–H and O–H groups in total. The maximum Gasteiger partial charge on any atom is 0.261 e. The number of aryl methyl sites for hydroxylation is 1. The van der Waals surface area contributed by atoms with Crippen LogP contribution in [0.2, 0.25) is 0 Å². The van der Waals surface area contributed by atoms with Crippen LogP contribution >= 0.6 is 0 Å². The van der Waals surface area contributed by atoms with E-state index in [1.807, 2.05) is 37.3 Å². The first-order chi connectivity index (χ1) is 13.4. The molecule has 0 unspecified atom stereocenters. The zero-order chi connectivity index (χ0) is 20.0. The number of benzene rings is 3. The third-order valence-corrected chi connectivity index (χ3v) is 5.36. The third kappa shape index (κ3) is 5.31. The van der Waals surface area contributed by atoms with Crippen LogP contribution in [0.1, 0.15) is 11.1 Å². The van der Waals surface area contributed by atoms with E-state index in [2.05, 4.69) is 10.0 Å². The van der Waals surface area contributed by atoms with E-state index in [4.69, 9.17) is 0 Å². The highest BCUT2D eigenvalue weighted by Gasteiger charge is 2.13. The van der Waals surface area contributed by atoms with Crippen molar-refractivity contribution >= 4 is 33.4 Å². The molecule has 0 aliphatic heterocycles. The van der Waals surface area contributed by atoms with Gasteiger partial charge in [0.2, 0.25) is 5.91 Å². The second kappa shape index (κ2) is 8.54. The summed E-state index contributed by atoms with van der Waals surface area (Å²) in [6.07, 6.45) is 3.17. The molecule has 142 valence electrons. The summed E-state index contributed by atoms with van der Waals surface area (Å²) in [5, 5.41) is 2.74.